The van der Waals surface area contributed by atoms with Gasteiger partial charge in [-0.3, -0.25) is 4.98 Å². The molecule has 0 amide bonds. The van der Waals surface area contributed by atoms with Crippen molar-refractivity contribution in [2.75, 3.05) is 4.90 Å². The third-order valence-corrected chi connectivity index (χ3v) is 3.80. The molecule has 2 aromatic heterocycles. The predicted octanol–water partition coefficient (Wildman–Crippen LogP) is 2.20. The Morgan fingerprint density at radius 3 is 2.78 bits per heavy atom. The average Bonchev–Trinajstić information content (AvgIpc) is 3.13. The Bertz CT molecular complexity index is 493. The van der Waals surface area contributed by atoms with Gasteiger partial charge in [0, 0.05) is 12.6 Å². The molecule has 0 unspecified atom stereocenters. The smallest absolute Gasteiger partial charge is 0.147 e. The van der Waals surface area contributed by atoms with Crippen LogP contribution in [-0.2, 0) is 13.2 Å². The number of aromatic nitrogens is 2. The minimum absolute atomic E-state index is 0.0543. The van der Waals surface area contributed by atoms with Gasteiger partial charge in [-0.15, -0.1) is 0 Å². The van der Waals surface area contributed by atoms with Crippen LogP contribution in [0.15, 0.2) is 29.2 Å². The fourth-order valence-corrected chi connectivity index (χ4v) is 2.60. The summed E-state index contributed by atoms with van der Waals surface area (Å²) in [4.78, 5) is 10.9. The Morgan fingerprint density at radius 1 is 1.33 bits per heavy atom. The van der Waals surface area contributed by atoms with Crippen LogP contribution in [0.3, 0.4) is 0 Å². The van der Waals surface area contributed by atoms with E-state index < -0.39 is 0 Å². The zero-order chi connectivity index (χ0) is 12.4. The van der Waals surface area contributed by atoms with E-state index in [-0.39, 0.29) is 6.61 Å². The molecule has 1 fully saturated rings. The molecule has 4 nitrogen and oxygen atoms in total. The van der Waals surface area contributed by atoms with E-state index in [1.807, 2.05) is 0 Å². The highest BCUT2D eigenvalue weighted by molar-refractivity contribution is 7.07. The maximum atomic E-state index is 8.98. The molecule has 3 rings (SSSR count). The molecule has 1 aliphatic carbocycles. The molecule has 0 bridgehead atoms. The lowest BCUT2D eigenvalue weighted by Crippen LogP contribution is -2.26. The van der Waals surface area contributed by atoms with Crippen LogP contribution in [0.4, 0.5) is 5.82 Å². The molecular weight excluding hydrogens is 246 g/mol. The number of aliphatic hydroxyl groups excluding tert-OH is 1. The van der Waals surface area contributed by atoms with Crippen molar-refractivity contribution in [2.24, 2.45) is 0 Å². The standard InChI is InChI=1S/C13H15N3OS/c17-8-11-5-15-13(6-14-11)16(12-1-2-12)7-10-3-4-18-9-10/h3-6,9,12,17H,1-2,7-8H2. The topological polar surface area (TPSA) is 49.3 Å². The Balaban J connectivity index is 1.80. The third-order valence-electron chi connectivity index (χ3n) is 3.07. The third kappa shape index (κ3) is 2.52. The van der Waals surface area contributed by atoms with Crippen LogP contribution in [0, 0.1) is 0 Å². The average molecular weight is 261 g/mol. The number of aliphatic hydroxyl groups is 1. The van der Waals surface area contributed by atoms with Crippen LogP contribution in [0.2, 0.25) is 0 Å². The molecular formula is C13H15N3OS. The maximum Gasteiger partial charge on any atom is 0.147 e. The second-order valence-electron chi connectivity index (χ2n) is 4.51. The summed E-state index contributed by atoms with van der Waals surface area (Å²) in [7, 11) is 0. The summed E-state index contributed by atoms with van der Waals surface area (Å²) in [6, 6.07) is 2.74. The summed E-state index contributed by atoms with van der Waals surface area (Å²) in [6.45, 7) is 0.836. The van der Waals surface area contributed by atoms with Crippen molar-refractivity contribution in [1.82, 2.24) is 9.97 Å². The SMILES string of the molecule is OCc1cnc(N(Cc2ccsc2)C2CC2)cn1. The van der Waals surface area contributed by atoms with E-state index in [0.717, 1.165) is 12.4 Å². The Labute approximate surface area is 110 Å². The van der Waals surface area contributed by atoms with Gasteiger partial charge in [-0.1, -0.05) is 0 Å². The van der Waals surface area contributed by atoms with Crippen molar-refractivity contribution < 1.29 is 5.11 Å². The number of hydrogen-bond donors (Lipinski definition) is 1. The van der Waals surface area contributed by atoms with E-state index in [9.17, 15) is 0 Å². The minimum Gasteiger partial charge on any atom is -0.390 e. The molecule has 0 aromatic carbocycles. The van der Waals surface area contributed by atoms with Crippen molar-refractivity contribution >= 4 is 17.2 Å². The van der Waals surface area contributed by atoms with Gasteiger partial charge in [-0.2, -0.15) is 11.3 Å². The van der Waals surface area contributed by atoms with Crippen LogP contribution in [-0.4, -0.2) is 21.1 Å². The van der Waals surface area contributed by atoms with Crippen molar-refractivity contribution in [3.8, 4) is 0 Å². The fraction of sp³-hybridized carbons (Fsp3) is 0.385. The second kappa shape index (κ2) is 5.04. The van der Waals surface area contributed by atoms with Crippen LogP contribution in [0.1, 0.15) is 24.1 Å². The van der Waals surface area contributed by atoms with Gasteiger partial charge in [-0.25, -0.2) is 4.98 Å². The molecule has 18 heavy (non-hydrogen) atoms. The summed E-state index contributed by atoms with van der Waals surface area (Å²) < 4.78 is 0. The quantitative estimate of drug-likeness (QED) is 0.896. The van der Waals surface area contributed by atoms with E-state index >= 15 is 0 Å². The van der Waals surface area contributed by atoms with E-state index in [2.05, 4.69) is 31.7 Å². The highest BCUT2D eigenvalue weighted by atomic mass is 32.1. The Hall–Kier alpha value is -1.46. The number of thiophene rings is 1. The highest BCUT2D eigenvalue weighted by Crippen LogP contribution is 2.31. The van der Waals surface area contributed by atoms with Crippen LogP contribution in [0.5, 0.6) is 0 Å². The summed E-state index contributed by atoms with van der Waals surface area (Å²) in [5.74, 6) is 0.904. The van der Waals surface area contributed by atoms with Crippen LogP contribution >= 0.6 is 11.3 Å². The first-order valence-electron chi connectivity index (χ1n) is 6.06. The summed E-state index contributed by atoms with van der Waals surface area (Å²) in [5.41, 5.74) is 1.94. The molecule has 2 aromatic rings. The molecule has 0 atom stereocenters. The van der Waals surface area contributed by atoms with Gasteiger partial charge in [0.25, 0.3) is 0 Å². The molecule has 0 spiro atoms. The molecule has 0 aliphatic heterocycles. The molecule has 1 saturated carbocycles. The lowest BCUT2D eigenvalue weighted by molar-refractivity contribution is 0.276. The van der Waals surface area contributed by atoms with E-state index in [4.69, 9.17) is 5.11 Å². The second-order valence-corrected chi connectivity index (χ2v) is 5.29. The fourth-order valence-electron chi connectivity index (χ4n) is 1.94. The van der Waals surface area contributed by atoms with Crippen molar-refractivity contribution in [3.63, 3.8) is 0 Å². The zero-order valence-electron chi connectivity index (χ0n) is 9.99. The van der Waals surface area contributed by atoms with Crippen LogP contribution in [0.25, 0.3) is 0 Å². The van der Waals surface area contributed by atoms with E-state index in [1.54, 1.807) is 23.7 Å². The van der Waals surface area contributed by atoms with Gasteiger partial charge in [0.2, 0.25) is 0 Å². The molecule has 94 valence electrons. The number of hydrogen-bond acceptors (Lipinski definition) is 5. The lowest BCUT2D eigenvalue weighted by atomic mass is 10.3. The summed E-state index contributed by atoms with van der Waals surface area (Å²) in [6.07, 6.45) is 5.87. The first-order chi connectivity index (χ1) is 8.86. The zero-order valence-corrected chi connectivity index (χ0v) is 10.8. The Kier molecular flexibility index (Phi) is 3.25. The number of nitrogens with zero attached hydrogens (tertiary/aromatic N) is 3. The summed E-state index contributed by atoms with van der Waals surface area (Å²) >= 11 is 1.72. The van der Waals surface area contributed by atoms with Crippen molar-refractivity contribution in [1.29, 1.82) is 0 Å². The molecule has 0 radical (unpaired) electrons. The normalized spacial score (nSPS) is 14.7. The first-order valence-corrected chi connectivity index (χ1v) is 7.00. The lowest BCUT2D eigenvalue weighted by Gasteiger charge is -2.22. The monoisotopic (exact) mass is 261 g/mol. The van der Waals surface area contributed by atoms with Crippen LogP contribution < -0.4 is 4.90 Å². The molecule has 5 heteroatoms. The Morgan fingerprint density at radius 2 is 2.22 bits per heavy atom. The van der Waals surface area contributed by atoms with Gasteiger partial charge in [0.15, 0.2) is 0 Å². The largest absolute Gasteiger partial charge is 0.390 e. The molecule has 2 heterocycles. The molecule has 1 aliphatic rings. The minimum atomic E-state index is -0.0543. The van der Waals surface area contributed by atoms with E-state index in [0.29, 0.717) is 11.7 Å². The molecule has 1 N–H and O–H groups in total. The number of rotatable bonds is 5. The predicted molar refractivity (Wildman–Crippen MR) is 71.5 cm³/mol. The number of anilines is 1. The van der Waals surface area contributed by atoms with E-state index in [1.165, 1.54) is 18.4 Å². The van der Waals surface area contributed by atoms with Gasteiger partial charge in [0.05, 0.1) is 24.7 Å². The first kappa shape index (κ1) is 11.6. The van der Waals surface area contributed by atoms with Gasteiger partial charge >= 0.3 is 0 Å². The summed E-state index contributed by atoms with van der Waals surface area (Å²) in [5, 5.41) is 13.3. The van der Waals surface area contributed by atoms with Crippen molar-refractivity contribution in [2.45, 2.75) is 32.0 Å². The molecule has 0 saturated heterocycles. The van der Waals surface area contributed by atoms with Gasteiger partial charge < -0.3 is 10.0 Å². The van der Waals surface area contributed by atoms with Gasteiger partial charge in [0.1, 0.15) is 5.82 Å². The van der Waals surface area contributed by atoms with Crippen molar-refractivity contribution in [3.05, 3.63) is 40.5 Å². The maximum absolute atomic E-state index is 8.98. The van der Waals surface area contributed by atoms with Gasteiger partial charge in [-0.05, 0) is 35.2 Å². The highest BCUT2D eigenvalue weighted by Gasteiger charge is 2.30.